The van der Waals surface area contributed by atoms with Crippen LogP contribution in [0, 0.1) is 11.3 Å². The van der Waals surface area contributed by atoms with Crippen molar-refractivity contribution in [3.8, 4) is 11.8 Å². The van der Waals surface area contributed by atoms with E-state index in [-0.39, 0.29) is 5.75 Å². The van der Waals surface area contributed by atoms with Gasteiger partial charge in [-0.25, -0.2) is 0 Å². The van der Waals surface area contributed by atoms with Crippen LogP contribution in [-0.2, 0) is 6.54 Å². The van der Waals surface area contributed by atoms with Gasteiger partial charge in [-0.05, 0) is 30.3 Å². The molecule has 0 aromatic heterocycles. The second-order valence-corrected chi connectivity index (χ2v) is 3.67. The van der Waals surface area contributed by atoms with Crippen molar-refractivity contribution in [3.05, 3.63) is 59.7 Å². The standard InChI is InChI=1S/C14H12N2O/c15-9-11-5-7-13(8-6-11)16-10-12-3-1-2-4-14(12)17/h1-8,16-17H,10H2. The average molecular weight is 224 g/mol. The van der Waals surface area contributed by atoms with Crippen LogP contribution in [0.5, 0.6) is 5.75 Å². The Hall–Kier alpha value is -2.47. The molecule has 0 aliphatic rings. The Kier molecular flexibility index (Phi) is 3.27. The van der Waals surface area contributed by atoms with Crippen molar-refractivity contribution in [3.63, 3.8) is 0 Å². The average Bonchev–Trinajstić information content (AvgIpc) is 2.38. The predicted octanol–water partition coefficient (Wildman–Crippen LogP) is 2.88. The molecule has 2 rings (SSSR count). The van der Waals surface area contributed by atoms with Crippen LogP contribution < -0.4 is 5.32 Å². The molecule has 0 saturated carbocycles. The molecule has 3 nitrogen and oxygen atoms in total. The summed E-state index contributed by atoms with van der Waals surface area (Å²) >= 11 is 0. The molecule has 0 bridgehead atoms. The molecule has 0 spiro atoms. The maximum atomic E-state index is 9.59. The number of nitrogens with zero attached hydrogens (tertiary/aromatic N) is 1. The van der Waals surface area contributed by atoms with E-state index < -0.39 is 0 Å². The van der Waals surface area contributed by atoms with Gasteiger partial charge in [0.2, 0.25) is 0 Å². The van der Waals surface area contributed by atoms with E-state index in [0.717, 1.165) is 11.3 Å². The third-order valence-corrected chi connectivity index (χ3v) is 2.49. The molecule has 0 heterocycles. The number of phenols is 1. The maximum absolute atomic E-state index is 9.59. The first-order valence-corrected chi connectivity index (χ1v) is 5.30. The Labute approximate surface area is 100.0 Å². The van der Waals surface area contributed by atoms with Crippen molar-refractivity contribution < 1.29 is 5.11 Å². The van der Waals surface area contributed by atoms with E-state index in [1.165, 1.54) is 0 Å². The van der Waals surface area contributed by atoms with Crippen molar-refractivity contribution in [2.75, 3.05) is 5.32 Å². The van der Waals surface area contributed by atoms with Gasteiger partial charge in [-0.2, -0.15) is 5.26 Å². The highest BCUT2D eigenvalue weighted by atomic mass is 16.3. The summed E-state index contributed by atoms with van der Waals surface area (Å²) in [5.74, 6) is 0.286. The molecule has 3 heteroatoms. The molecule has 0 aliphatic heterocycles. The van der Waals surface area contributed by atoms with Crippen LogP contribution in [0.2, 0.25) is 0 Å². The van der Waals surface area contributed by atoms with Gasteiger partial charge in [0.25, 0.3) is 0 Å². The largest absolute Gasteiger partial charge is 0.508 e. The number of anilines is 1. The van der Waals surface area contributed by atoms with E-state index >= 15 is 0 Å². The molecule has 0 atom stereocenters. The summed E-state index contributed by atoms with van der Waals surface area (Å²) in [6.45, 7) is 0.554. The normalized spacial score (nSPS) is 9.59. The Bertz CT molecular complexity index is 541. The highest BCUT2D eigenvalue weighted by Crippen LogP contribution is 2.17. The van der Waals surface area contributed by atoms with Gasteiger partial charge >= 0.3 is 0 Å². The van der Waals surface area contributed by atoms with Gasteiger partial charge in [0.05, 0.1) is 11.6 Å². The minimum atomic E-state index is 0.286. The van der Waals surface area contributed by atoms with Crippen molar-refractivity contribution in [2.45, 2.75) is 6.54 Å². The summed E-state index contributed by atoms with van der Waals surface area (Å²) in [6, 6.07) is 16.5. The number of phenolic OH excluding ortho intramolecular Hbond substituents is 1. The lowest BCUT2D eigenvalue weighted by Gasteiger charge is -2.07. The van der Waals surface area contributed by atoms with E-state index in [9.17, 15) is 5.11 Å². The number of nitriles is 1. The zero-order valence-electron chi connectivity index (χ0n) is 9.22. The molecule has 0 unspecified atom stereocenters. The van der Waals surface area contributed by atoms with Gasteiger partial charge in [0, 0.05) is 17.8 Å². The monoisotopic (exact) mass is 224 g/mol. The molecule has 0 amide bonds. The quantitative estimate of drug-likeness (QED) is 0.842. The lowest BCUT2D eigenvalue weighted by atomic mass is 10.2. The van der Waals surface area contributed by atoms with E-state index in [0.29, 0.717) is 12.1 Å². The molecule has 0 radical (unpaired) electrons. The summed E-state index contributed by atoms with van der Waals surface area (Å²) in [5.41, 5.74) is 2.40. The van der Waals surface area contributed by atoms with Crippen molar-refractivity contribution in [1.82, 2.24) is 0 Å². The molecular formula is C14H12N2O. The first-order valence-electron chi connectivity index (χ1n) is 5.30. The first-order chi connectivity index (χ1) is 8.29. The fourth-order valence-corrected chi connectivity index (χ4v) is 1.52. The van der Waals surface area contributed by atoms with Crippen LogP contribution in [0.25, 0.3) is 0 Å². The molecule has 0 aliphatic carbocycles. The SMILES string of the molecule is N#Cc1ccc(NCc2ccccc2O)cc1. The minimum Gasteiger partial charge on any atom is -0.508 e. The fraction of sp³-hybridized carbons (Fsp3) is 0.0714. The Morgan fingerprint density at radius 1 is 1.06 bits per heavy atom. The third kappa shape index (κ3) is 2.76. The van der Waals surface area contributed by atoms with Crippen LogP contribution in [0.1, 0.15) is 11.1 Å². The summed E-state index contributed by atoms with van der Waals surface area (Å²) in [6.07, 6.45) is 0. The lowest BCUT2D eigenvalue weighted by Crippen LogP contribution is -1.99. The summed E-state index contributed by atoms with van der Waals surface area (Å²) in [7, 11) is 0. The number of benzene rings is 2. The smallest absolute Gasteiger partial charge is 0.120 e. The van der Waals surface area contributed by atoms with Gasteiger partial charge in [0.1, 0.15) is 5.75 Å². The number of hydrogen-bond acceptors (Lipinski definition) is 3. The number of rotatable bonds is 3. The Morgan fingerprint density at radius 3 is 2.41 bits per heavy atom. The van der Waals surface area contributed by atoms with Crippen LogP contribution >= 0.6 is 0 Å². The van der Waals surface area contributed by atoms with Crippen molar-refractivity contribution >= 4 is 5.69 Å². The number of nitrogens with one attached hydrogen (secondary N) is 1. The van der Waals surface area contributed by atoms with Gasteiger partial charge < -0.3 is 10.4 Å². The van der Waals surface area contributed by atoms with Gasteiger partial charge in [-0.15, -0.1) is 0 Å². The van der Waals surface area contributed by atoms with Crippen molar-refractivity contribution in [1.29, 1.82) is 5.26 Å². The first kappa shape index (κ1) is 11.0. The lowest BCUT2D eigenvalue weighted by molar-refractivity contribution is 0.469. The van der Waals surface area contributed by atoms with Gasteiger partial charge in [-0.1, -0.05) is 18.2 Å². The summed E-state index contributed by atoms with van der Waals surface area (Å²) in [5, 5.41) is 21.4. The summed E-state index contributed by atoms with van der Waals surface area (Å²) < 4.78 is 0. The predicted molar refractivity (Wildman–Crippen MR) is 66.6 cm³/mol. The molecule has 2 aromatic rings. The summed E-state index contributed by atoms with van der Waals surface area (Å²) in [4.78, 5) is 0. The van der Waals surface area contributed by atoms with Crippen LogP contribution in [0.4, 0.5) is 5.69 Å². The highest BCUT2D eigenvalue weighted by molar-refractivity contribution is 5.48. The zero-order chi connectivity index (χ0) is 12.1. The molecule has 17 heavy (non-hydrogen) atoms. The van der Waals surface area contributed by atoms with E-state index in [1.807, 2.05) is 24.3 Å². The molecule has 0 saturated heterocycles. The third-order valence-electron chi connectivity index (χ3n) is 2.49. The highest BCUT2D eigenvalue weighted by Gasteiger charge is 1.99. The topological polar surface area (TPSA) is 56.0 Å². The van der Waals surface area contributed by atoms with Gasteiger partial charge in [0.15, 0.2) is 0 Å². The zero-order valence-corrected chi connectivity index (χ0v) is 9.22. The molecule has 2 aromatic carbocycles. The van der Waals surface area contributed by atoms with Crippen LogP contribution in [-0.4, -0.2) is 5.11 Å². The van der Waals surface area contributed by atoms with Crippen LogP contribution in [0.15, 0.2) is 48.5 Å². The molecule has 2 N–H and O–H groups in total. The second-order valence-electron chi connectivity index (χ2n) is 3.67. The fourth-order valence-electron chi connectivity index (χ4n) is 1.52. The maximum Gasteiger partial charge on any atom is 0.120 e. The number of hydrogen-bond donors (Lipinski definition) is 2. The molecule has 0 fully saturated rings. The molecular weight excluding hydrogens is 212 g/mol. The van der Waals surface area contributed by atoms with E-state index in [2.05, 4.69) is 11.4 Å². The Morgan fingerprint density at radius 2 is 1.76 bits per heavy atom. The van der Waals surface area contributed by atoms with Crippen LogP contribution in [0.3, 0.4) is 0 Å². The van der Waals surface area contributed by atoms with E-state index in [4.69, 9.17) is 5.26 Å². The van der Waals surface area contributed by atoms with Crippen molar-refractivity contribution in [2.24, 2.45) is 0 Å². The number of aromatic hydroxyl groups is 1. The minimum absolute atomic E-state index is 0.286. The van der Waals surface area contributed by atoms with Gasteiger partial charge in [-0.3, -0.25) is 0 Å². The second kappa shape index (κ2) is 5.04. The number of para-hydroxylation sites is 1. The Balaban J connectivity index is 2.03. The molecule has 84 valence electrons. The van der Waals surface area contributed by atoms with E-state index in [1.54, 1.807) is 24.3 Å².